The van der Waals surface area contributed by atoms with E-state index in [1.165, 1.54) is 0 Å². The van der Waals surface area contributed by atoms with Gasteiger partial charge >= 0.3 is 5.97 Å². The van der Waals surface area contributed by atoms with E-state index >= 15 is 0 Å². The fourth-order valence-electron chi connectivity index (χ4n) is 1.23. The van der Waals surface area contributed by atoms with Crippen molar-refractivity contribution in [3.8, 4) is 0 Å². The molecule has 0 aromatic heterocycles. The number of benzene rings is 1. The molecule has 1 aromatic rings. The van der Waals surface area contributed by atoms with Crippen molar-refractivity contribution >= 4 is 29.3 Å². The number of hydrogen-bond acceptors (Lipinski definition) is 3. The summed E-state index contributed by atoms with van der Waals surface area (Å²) in [7, 11) is 0. The molecule has 2 N–H and O–H groups in total. The van der Waals surface area contributed by atoms with Crippen LogP contribution in [0.5, 0.6) is 0 Å². The Morgan fingerprint density at radius 1 is 1.39 bits per heavy atom. The Kier molecular flexibility index (Phi) is 4.78. The number of thioether (sulfide) groups is 1. The van der Waals surface area contributed by atoms with E-state index in [1.807, 2.05) is 25.1 Å². The highest BCUT2D eigenvalue weighted by Gasteiger charge is 2.28. The van der Waals surface area contributed by atoms with Gasteiger partial charge in [0.1, 0.15) is 4.75 Å². The minimum atomic E-state index is -0.954. The second-order valence-corrected chi connectivity index (χ2v) is 6.12. The first-order valence-corrected chi connectivity index (χ1v) is 6.54. The number of aliphatic carboxylic acids is 1. The van der Waals surface area contributed by atoms with Crippen LogP contribution in [-0.2, 0) is 9.59 Å². The number of nitrogens with one attached hydrogen (secondary N) is 1. The molecule has 0 saturated heterocycles. The molecule has 0 spiro atoms. The van der Waals surface area contributed by atoms with Gasteiger partial charge < -0.3 is 10.4 Å². The first-order valence-electron chi connectivity index (χ1n) is 5.55. The summed E-state index contributed by atoms with van der Waals surface area (Å²) < 4.78 is -0.954. The number of anilines is 1. The third-order valence-electron chi connectivity index (χ3n) is 2.38. The van der Waals surface area contributed by atoms with E-state index in [0.29, 0.717) is 0 Å². The van der Waals surface area contributed by atoms with Gasteiger partial charge in [-0.05, 0) is 38.5 Å². The molecule has 1 rings (SSSR count). The quantitative estimate of drug-likeness (QED) is 0.860. The maximum Gasteiger partial charge on any atom is 0.319 e. The molecule has 0 bridgehead atoms. The zero-order valence-electron chi connectivity index (χ0n) is 10.7. The van der Waals surface area contributed by atoms with E-state index in [4.69, 9.17) is 5.11 Å². The zero-order chi connectivity index (χ0) is 13.8. The summed E-state index contributed by atoms with van der Waals surface area (Å²) in [6.07, 6.45) is 0. The summed E-state index contributed by atoms with van der Waals surface area (Å²) in [4.78, 5) is 22.6. The molecule has 5 heteroatoms. The van der Waals surface area contributed by atoms with Crippen LogP contribution in [0.2, 0.25) is 0 Å². The molecule has 0 aliphatic rings. The molecule has 98 valence electrons. The monoisotopic (exact) mass is 267 g/mol. The summed E-state index contributed by atoms with van der Waals surface area (Å²) in [5.74, 6) is -0.997. The van der Waals surface area contributed by atoms with Gasteiger partial charge in [0.25, 0.3) is 0 Å². The fourth-order valence-corrected chi connectivity index (χ4v) is 1.92. The largest absolute Gasteiger partial charge is 0.480 e. The van der Waals surface area contributed by atoms with Crippen molar-refractivity contribution in [3.63, 3.8) is 0 Å². The summed E-state index contributed by atoms with van der Waals surface area (Å²) in [6.45, 7) is 5.11. The van der Waals surface area contributed by atoms with E-state index < -0.39 is 10.7 Å². The summed E-state index contributed by atoms with van der Waals surface area (Å²) in [6, 6.07) is 7.47. The molecule has 0 radical (unpaired) electrons. The topological polar surface area (TPSA) is 66.4 Å². The van der Waals surface area contributed by atoms with Gasteiger partial charge in [0.05, 0.1) is 5.75 Å². The molecule has 18 heavy (non-hydrogen) atoms. The third kappa shape index (κ3) is 4.41. The van der Waals surface area contributed by atoms with Crippen molar-refractivity contribution in [2.24, 2.45) is 0 Å². The molecule has 0 fully saturated rings. The normalized spacial score (nSPS) is 11.1. The van der Waals surface area contributed by atoms with E-state index in [9.17, 15) is 9.59 Å². The van der Waals surface area contributed by atoms with Crippen LogP contribution in [-0.4, -0.2) is 27.5 Å². The van der Waals surface area contributed by atoms with Crippen LogP contribution in [0.1, 0.15) is 19.4 Å². The molecule has 0 atom stereocenters. The first kappa shape index (κ1) is 14.6. The van der Waals surface area contributed by atoms with Crippen LogP contribution in [0.3, 0.4) is 0 Å². The molecule has 0 unspecified atom stereocenters. The van der Waals surface area contributed by atoms with Gasteiger partial charge in [-0.25, -0.2) is 0 Å². The van der Waals surface area contributed by atoms with E-state index in [2.05, 4.69) is 5.32 Å². The summed E-state index contributed by atoms with van der Waals surface area (Å²) >= 11 is 1.11. The van der Waals surface area contributed by atoms with Crippen molar-refractivity contribution in [1.29, 1.82) is 0 Å². The SMILES string of the molecule is Cc1cccc(NC(=O)CSC(C)(C)C(=O)O)c1. The standard InChI is InChI=1S/C13H17NO3S/c1-9-5-4-6-10(7-9)14-11(15)8-18-13(2,3)12(16)17/h4-7H,8H2,1-3H3,(H,14,15)(H,16,17). The second-order valence-electron chi connectivity index (χ2n) is 4.52. The lowest BCUT2D eigenvalue weighted by Gasteiger charge is -2.17. The Hall–Kier alpha value is -1.49. The number of hydrogen-bond donors (Lipinski definition) is 2. The van der Waals surface area contributed by atoms with E-state index in [-0.39, 0.29) is 11.7 Å². The van der Waals surface area contributed by atoms with Gasteiger partial charge in [-0.3, -0.25) is 9.59 Å². The van der Waals surface area contributed by atoms with Crippen molar-refractivity contribution in [2.75, 3.05) is 11.1 Å². The Labute approximate surface area is 111 Å². The molecule has 1 aromatic carbocycles. The van der Waals surface area contributed by atoms with Crippen LogP contribution in [0, 0.1) is 6.92 Å². The minimum absolute atomic E-state index is 0.118. The highest BCUT2D eigenvalue weighted by molar-refractivity contribution is 8.02. The number of rotatable bonds is 5. The van der Waals surface area contributed by atoms with Crippen LogP contribution in [0.4, 0.5) is 5.69 Å². The lowest BCUT2D eigenvalue weighted by molar-refractivity contribution is -0.138. The van der Waals surface area contributed by atoms with Crippen LogP contribution in [0.25, 0.3) is 0 Å². The first-order chi connectivity index (χ1) is 8.31. The van der Waals surface area contributed by atoms with E-state index in [1.54, 1.807) is 19.9 Å². The number of amides is 1. The van der Waals surface area contributed by atoms with Crippen LogP contribution >= 0.6 is 11.8 Å². The maximum atomic E-state index is 11.7. The molecule has 0 heterocycles. The third-order valence-corrected chi connectivity index (χ3v) is 3.68. The van der Waals surface area contributed by atoms with Gasteiger partial charge in [-0.15, -0.1) is 11.8 Å². The highest BCUT2D eigenvalue weighted by atomic mass is 32.2. The summed E-state index contributed by atoms with van der Waals surface area (Å²) in [5, 5.41) is 11.7. The maximum absolute atomic E-state index is 11.7. The number of carboxylic acids is 1. The number of carboxylic acid groups (broad SMARTS) is 1. The molecule has 0 aliphatic carbocycles. The predicted octanol–water partition coefficient (Wildman–Crippen LogP) is 2.53. The highest BCUT2D eigenvalue weighted by Crippen LogP contribution is 2.24. The Bertz CT molecular complexity index is 457. The minimum Gasteiger partial charge on any atom is -0.480 e. The Morgan fingerprint density at radius 3 is 2.61 bits per heavy atom. The van der Waals surface area contributed by atoms with Gasteiger partial charge in [0.15, 0.2) is 0 Å². The predicted molar refractivity (Wildman–Crippen MR) is 74.0 cm³/mol. The molecule has 1 amide bonds. The lowest BCUT2D eigenvalue weighted by Crippen LogP contribution is -2.29. The molecule has 0 aliphatic heterocycles. The van der Waals surface area contributed by atoms with Gasteiger partial charge in [-0.2, -0.15) is 0 Å². The lowest BCUT2D eigenvalue weighted by atomic mass is 10.2. The van der Waals surface area contributed by atoms with Crippen molar-refractivity contribution in [1.82, 2.24) is 0 Å². The fraction of sp³-hybridized carbons (Fsp3) is 0.385. The van der Waals surface area contributed by atoms with Crippen LogP contribution in [0.15, 0.2) is 24.3 Å². The van der Waals surface area contributed by atoms with Gasteiger partial charge in [0, 0.05) is 5.69 Å². The van der Waals surface area contributed by atoms with Crippen molar-refractivity contribution in [3.05, 3.63) is 29.8 Å². The molecular weight excluding hydrogens is 250 g/mol. The molecule has 4 nitrogen and oxygen atoms in total. The van der Waals surface area contributed by atoms with E-state index in [0.717, 1.165) is 23.0 Å². The number of aryl methyl sites for hydroxylation is 1. The average molecular weight is 267 g/mol. The molecular formula is C13H17NO3S. The van der Waals surface area contributed by atoms with Crippen molar-refractivity contribution in [2.45, 2.75) is 25.5 Å². The van der Waals surface area contributed by atoms with Crippen LogP contribution < -0.4 is 5.32 Å². The van der Waals surface area contributed by atoms with Gasteiger partial charge in [0.2, 0.25) is 5.91 Å². The number of carbonyl (C=O) groups excluding carboxylic acids is 1. The average Bonchev–Trinajstić information content (AvgIpc) is 2.26. The Morgan fingerprint density at radius 2 is 2.06 bits per heavy atom. The number of carbonyl (C=O) groups is 2. The summed E-state index contributed by atoms with van der Waals surface area (Å²) in [5.41, 5.74) is 1.79. The zero-order valence-corrected chi connectivity index (χ0v) is 11.5. The van der Waals surface area contributed by atoms with Crippen molar-refractivity contribution < 1.29 is 14.7 Å². The Balaban J connectivity index is 2.50. The smallest absolute Gasteiger partial charge is 0.319 e. The second kappa shape index (κ2) is 5.91. The molecule has 0 saturated carbocycles. The van der Waals surface area contributed by atoms with Gasteiger partial charge in [-0.1, -0.05) is 12.1 Å².